The summed E-state index contributed by atoms with van der Waals surface area (Å²) in [5.41, 5.74) is 3.36. The van der Waals surface area contributed by atoms with Crippen molar-refractivity contribution >= 4 is 27.8 Å². The summed E-state index contributed by atoms with van der Waals surface area (Å²) in [6.07, 6.45) is 2.45. The van der Waals surface area contributed by atoms with E-state index in [0.717, 1.165) is 10.6 Å². The van der Waals surface area contributed by atoms with E-state index in [9.17, 15) is 13.2 Å². The van der Waals surface area contributed by atoms with Gasteiger partial charge in [0.15, 0.2) is 11.5 Å². The molecule has 1 amide bonds. The summed E-state index contributed by atoms with van der Waals surface area (Å²) in [5.74, 6) is 0.420. The van der Waals surface area contributed by atoms with Gasteiger partial charge in [0.1, 0.15) is 6.04 Å². The summed E-state index contributed by atoms with van der Waals surface area (Å²) < 4.78 is 36.0. The van der Waals surface area contributed by atoms with E-state index in [1.807, 2.05) is 0 Å². The first-order valence-corrected chi connectivity index (χ1v) is 10.2. The summed E-state index contributed by atoms with van der Waals surface area (Å²) in [5, 5.41) is 3.92. The molecular formula is C19H23N3O5S. The molecule has 0 aromatic heterocycles. The van der Waals surface area contributed by atoms with Crippen LogP contribution in [0.25, 0.3) is 0 Å². The number of nitrogens with zero attached hydrogens (tertiary/aromatic N) is 2. The summed E-state index contributed by atoms with van der Waals surface area (Å²) in [6, 6.07) is 12.6. The monoisotopic (exact) mass is 405 g/mol. The maximum Gasteiger partial charge on any atom is 0.263 e. The van der Waals surface area contributed by atoms with Crippen molar-refractivity contribution in [2.75, 3.05) is 24.8 Å². The van der Waals surface area contributed by atoms with Gasteiger partial charge in [0.25, 0.3) is 5.91 Å². The maximum absolute atomic E-state index is 12.5. The van der Waals surface area contributed by atoms with Crippen molar-refractivity contribution in [3.8, 4) is 11.5 Å². The fourth-order valence-corrected chi connectivity index (χ4v) is 3.83. The third kappa shape index (κ3) is 5.01. The number of benzene rings is 2. The largest absolute Gasteiger partial charge is 0.493 e. The van der Waals surface area contributed by atoms with E-state index in [1.165, 1.54) is 27.4 Å². The molecule has 0 aliphatic heterocycles. The molecule has 0 bridgehead atoms. The van der Waals surface area contributed by atoms with E-state index >= 15 is 0 Å². The van der Waals surface area contributed by atoms with Gasteiger partial charge < -0.3 is 9.47 Å². The quantitative estimate of drug-likeness (QED) is 0.535. The Hall–Kier alpha value is -3.07. The van der Waals surface area contributed by atoms with Crippen LogP contribution in [0.5, 0.6) is 11.5 Å². The second kappa shape index (κ2) is 9.23. The van der Waals surface area contributed by atoms with Gasteiger partial charge in [-0.25, -0.2) is 13.8 Å². The minimum absolute atomic E-state index is 0.395. The fourth-order valence-electron chi connectivity index (χ4n) is 2.66. The summed E-state index contributed by atoms with van der Waals surface area (Å²) in [7, 11) is -0.656. The zero-order valence-electron chi connectivity index (χ0n) is 16.1. The SMILES string of the molecule is COc1cccc(C=NNC(=O)[C@@H](C)N(c2ccccc2)S(C)(=O)=O)c1OC. The van der Waals surface area contributed by atoms with Crippen LogP contribution in [0.3, 0.4) is 0 Å². The number of anilines is 1. The molecule has 0 heterocycles. The lowest BCUT2D eigenvalue weighted by Crippen LogP contribution is -2.46. The normalized spacial score (nSPS) is 12.4. The number of ether oxygens (including phenoxy) is 2. The van der Waals surface area contributed by atoms with Gasteiger partial charge in [-0.3, -0.25) is 9.10 Å². The molecule has 1 atom stereocenters. The smallest absolute Gasteiger partial charge is 0.263 e. The molecule has 0 fully saturated rings. The Bertz CT molecular complexity index is 945. The maximum atomic E-state index is 12.5. The Labute approximate surface area is 164 Å². The Morgan fingerprint density at radius 2 is 1.79 bits per heavy atom. The van der Waals surface area contributed by atoms with Gasteiger partial charge in [-0.05, 0) is 31.2 Å². The lowest BCUT2D eigenvalue weighted by atomic mass is 10.2. The number of carbonyl (C=O) groups excluding carboxylic acids is 1. The van der Waals surface area contributed by atoms with E-state index in [2.05, 4.69) is 10.5 Å². The molecule has 0 unspecified atom stereocenters. The van der Waals surface area contributed by atoms with Crippen LogP contribution in [-0.2, 0) is 14.8 Å². The highest BCUT2D eigenvalue weighted by Crippen LogP contribution is 2.29. The molecule has 0 saturated heterocycles. The number of hydrazone groups is 1. The van der Waals surface area contributed by atoms with E-state index in [-0.39, 0.29) is 0 Å². The molecule has 2 rings (SSSR count). The van der Waals surface area contributed by atoms with Crippen LogP contribution in [-0.4, -0.2) is 47.1 Å². The van der Waals surface area contributed by atoms with Crippen LogP contribution in [0.2, 0.25) is 0 Å². The van der Waals surface area contributed by atoms with Crippen molar-refractivity contribution in [3.63, 3.8) is 0 Å². The zero-order valence-corrected chi connectivity index (χ0v) is 16.9. The first-order valence-electron chi connectivity index (χ1n) is 8.38. The van der Waals surface area contributed by atoms with Crippen LogP contribution in [0.1, 0.15) is 12.5 Å². The molecule has 0 spiro atoms. The van der Waals surface area contributed by atoms with E-state index in [0.29, 0.717) is 22.7 Å². The Morgan fingerprint density at radius 3 is 2.36 bits per heavy atom. The summed E-state index contributed by atoms with van der Waals surface area (Å²) >= 11 is 0. The second-order valence-electron chi connectivity index (χ2n) is 5.89. The first kappa shape index (κ1) is 21.2. The highest BCUT2D eigenvalue weighted by atomic mass is 32.2. The van der Waals surface area contributed by atoms with Crippen molar-refractivity contribution in [1.29, 1.82) is 0 Å². The topological polar surface area (TPSA) is 97.3 Å². The van der Waals surface area contributed by atoms with Crippen molar-refractivity contribution in [3.05, 3.63) is 54.1 Å². The number of nitrogens with one attached hydrogen (secondary N) is 1. The molecule has 0 aliphatic carbocycles. The number of rotatable bonds is 8. The van der Waals surface area contributed by atoms with E-state index in [4.69, 9.17) is 9.47 Å². The third-order valence-electron chi connectivity index (χ3n) is 3.91. The molecule has 1 N–H and O–H groups in total. The van der Waals surface area contributed by atoms with Gasteiger partial charge in [-0.1, -0.05) is 24.3 Å². The molecule has 150 valence electrons. The lowest BCUT2D eigenvalue weighted by Gasteiger charge is -2.27. The minimum Gasteiger partial charge on any atom is -0.493 e. The average Bonchev–Trinajstić information content (AvgIpc) is 2.67. The average molecular weight is 405 g/mol. The number of para-hydroxylation sites is 2. The molecule has 8 nitrogen and oxygen atoms in total. The number of amides is 1. The second-order valence-corrected chi connectivity index (χ2v) is 7.75. The molecular weight excluding hydrogens is 382 g/mol. The Kier molecular flexibility index (Phi) is 7.00. The molecule has 0 radical (unpaired) electrons. The van der Waals surface area contributed by atoms with Gasteiger partial charge in [-0.2, -0.15) is 5.10 Å². The number of carbonyl (C=O) groups is 1. The zero-order chi connectivity index (χ0) is 20.7. The molecule has 2 aromatic rings. The lowest BCUT2D eigenvalue weighted by molar-refractivity contribution is -0.121. The van der Waals surface area contributed by atoms with E-state index < -0.39 is 22.0 Å². The van der Waals surface area contributed by atoms with Crippen LogP contribution < -0.4 is 19.2 Å². The standard InChI is InChI=1S/C19H23N3O5S/c1-14(22(28(4,24)25)16-10-6-5-7-11-16)19(23)21-20-13-15-9-8-12-17(26-2)18(15)27-3/h5-14H,1-4H3,(H,21,23)/t14-/m1/s1. The third-order valence-corrected chi connectivity index (χ3v) is 5.15. The van der Waals surface area contributed by atoms with Gasteiger partial charge in [0.05, 0.1) is 32.4 Å². The summed E-state index contributed by atoms with van der Waals surface area (Å²) in [4.78, 5) is 12.5. The predicted molar refractivity (Wildman–Crippen MR) is 109 cm³/mol. The van der Waals surface area contributed by atoms with Crippen molar-refractivity contribution in [2.24, 2.45) is 5.10 Å². The number of hydrogen-bond donors (Lipinski definition) is 1. The van der Waals surface area contributed by atoms with Crippen molar-refractivity contribution < 1.29 is 22.7 Å². The van der Waals surface area contributed by atoms with Crippen LogP contribution in [0.4, 0.5) is 5.69 Å². The van der Waals surface area contributed by atoms with E-state index in [1.54, 1.807) is 48.5 Å². The first-order chi connectivity index (χ1) is 13.3. The minimum atomic E-state index is -3.67. The van der Waals surface area contributed by atoms with Crippen LogP contribution in [0, 0.1) is 0 Å². The molecule has 9 heteroatoms. The van der Waals surface area contributed by atoms with Gasteiger partial charge in [0.2, 0.25) is 10.0 Å². The van der Waals surface area contributed by atoms with Crippen LogP contribution in [0.15, 0.2) is 53.6 Å². The Morgan fingerprint density at radius 1 is 1.11 bits per heavy atom. The number of hydrogen-bond acceptors (Lipinski definition) is 6. The predicted octanol–water partition coefficient (Wildman–Crippen LogP) is 2.01. The fraction of sp³-hybridized carbons (Fsp3) is 0.263. The summed E-state index contributed by atoms with van der Waals surface area (Å²) in [6.45, 7) is 1.49. The highest BCUT2D eigenvalue weighted by molar-refractivity contribution is 7.92. The number of sulfonamides is 1. The van der Waals surface area contributed by atoms with Crippen LogP contribution >= 0.6 is 0 Å². The Balaban J connectivity index is 2.19. The van der Waals surface area contributed by atoms with Gasteiger partial charge in [-0.15, -0.1) is 0 Å². The number of methoxy groups -OCH3 is 2. The van der Waals surface area contributed by atoms with Crippen molar-refractivity contribution in [1.82, 2.24) is 5.43 Å². The highest BCUT2D eigenvalue weighted by Gasteiger charge is 2.28. The van der Waals surface area contributed by atoms with Crippen molar-refractivity contribution in [2.45, 2.75) is 13.0 Å². The van der Waals surface area contributed by atoms with Gasteiger partial charge >= 0.3 is 0 Å². The molecule has 0 saturated carbocycles. The molecule has 0 aliphatic rings. The van der Waals surface area contributed by atoms with Gasteiger partial charge in [0, 0.05) is 5.56 Å². The molecule has 28 heavy (non-hydrogen) atoms. The molecule has 2 aromatic carbocycles.